The van der Waals surface area contributed by atoms with Crippen molar-refractivity contribution < 1.29 is 23.9 Å². The minimum atomic E-state index is -0.712. The minimum absolute atomic E-state index is 0.130. The molecule has 0 fully saturated rings. The average molecular weight is 635 g/mol. The molecule has 0 aliphatic rings. The van der Waals surface area contributed by atoms with Gasteiger partial charge in [-0.15, -0.1) is 0 Å². The van der Waals surface area contributed by atoms with Gasteiger partial charge in [0.15, 0.2) is 5.78 Å². The number of ketones is 1. The van der Waals surface area contributed by atoms with Crippen LogP contribution in [-0.4, -0.2) is 48.9 Å². The number of para-hydroxylation sites is 1. The molecule has 0 spiro atoms. The number of unbranched alkanes of at least 4 members (excludes halogenated alkanes) is 4. The Balaban J connectivity index is 1.36. The van der Waals surface area contributed by atoms with Gasteiger partial charge in [0.05, 0.1) is 13.7 Å². The molecule has 0 aromatic heterocycles. The normalized spacial score (nSPS) is 11.4. The average Bonchev–Trinajstić information content (AvgIpc) is 3.11. The molecule has 0 heterocycles. The van der Waals surface area contributed by atoms with Crippen LogP contribution < -0.4 is 10.1 Å². The van der Waals surface area contributed by atoms with Crippen LogP contribution in [0.25, 0.3) is 0 Å². The van der Waals surface area contributed by atoms with E-state index in [4.69, 9.17) is 9.47 Å². The van der Waals surface area contributed by atoms with Crippen LogP contribution >= 0.6 is 0 Å². The smallest absolute Gasteiger partial charge is 0.328 e. The molecule has 7 heteroatoms. The lowest BCUT2D eigenvalue weighted by molar-refractivity contribution is -0.141. The molecule has 1 atom stereocenters. The van der Waals surface area contributed by atoms with Crippen LogP contribution in [-0.2, 0) is 27.3 Å². The summed E-state index contributed by atoms with van der Waals surface area (Å²) in [5.41, 5.74) is 3.61. The fraction of sp³-hybridized carbons (Fsp3) is 0.325. The highest BCUT2D eigenvalue weighted by Gasteiger charge is 2.23. The highest BCUT2D eigenvalue weighted by atomic mass is 16.5. The topological polar surface area (TPSA) is 84.9 Å². The first-order chi connectivity index (χ1) is 23.0. The summed E-state index contributed by atoms with van der Waals surface area (Å²) >= 11 is 0. The van der Waals surface area contributed by atoms with E-state index in [1.165, 1.54) is 26.4 Å². The lowest BCUT2D eigenvalue weighted by atomic mass is 10.00. The lowest BCUT2D eigenvalue weighted by Crippen LogP contribution is -2.34. The Bertz CT molecular complexity index is 1540. The number of hydrogen-bond donors (Lipinski definition) is 1. The monoisotopic (exact) mass is 634 g/mol. The zero-order valence-electron chi connectivity index (χ0n) is 27.5. The molecule has 4 aromatic rings. The van der Waals surface area contributed by atoms with Gasteiger partial charge in [-0.2, -0.15) is 0 Å². The van der Waals surface area contributed by atoms with E-state index in [9.17, 15) is 14.4 Å². The van der Waals surface area contributed by atoms with Crippen LogP contribution in [0.4, 0.5) is 5.69 Å². The number of anilines is 1. The maximum atomic E-state index is 13.2. The molecule has 1 N–H and O–H groups in total. The summed E-state index contributed by atoms with van der Waals surface area (Å²) in [4.78, 5) is 41.1. The lowest BCUT2D eigenvalue weighted by Gasteiger charge is -2.23. The summed E-state index contributed by atoms with van der Waals surface area (Å²) < 4.78 is 11.2. The summed E-state index contributed by atoms with van der Waals surface area (Å²) in [7, 11) is 1.35. The van der Waals surface area contributed by atoms with E-state index in [1.807, 2.05) is 83.8 Å². The summed E-state index contributed by atoms with van der Waals surface area (Å²) in [5.74, 6) is 0.273. The number of amides is 1. The van der Waals surface area contributed by atoms with Crippen molar-refractivity contribution in [2.24, 2.45) is 0 Å². The van der Waals surface area contributed by atoms with Gasteiger partial charge in [-0.05, 0) is 41.8 Å². The van der Waals surface area contributed by atoms with Crippen molar-refractivity contribution in [2.45, 2.75) is 64.5 Å². The first-order valence-corrected chi connectivity index (χ1v) is 16.5. The van der Waals surface area contributed by atoms with Crippen molar-refractivity contribution in [1.82, 2.24) is 4.90 Å². The van der Waals surface area contributed by atoms with Crippen molar-refractivity contribution in [3.63, 3.8) is 0 Å². The molecule has 0 bridgehead atoms. The number of esters is 1. The van der Waals surface area contributed by atoms with Gasteiger partial charge in [-0.1, -0.05) is 118 Å². The van der Waals surface area contributed by atoms with Gasteiger partial charge < -0.3 is 19.7 Å². The fourth-order valence-corrected chi connectivity index (χ4v) is 5.44. The van der Waals surface area contributed by atoms with Crippen molar-refractivity contribution in [3.8, 4) is 5.75 Å². The van der Waals surface area contributed by atoms with Crippen LogP contribution in [0.15, 0.2) is 109 Å². The quantitative estimate of drug-likeness (QED) is 0.0642. The van der Waals surface area contributed by atoms with E-state index in [-0.39, 0.29) is 11.7 Å². The first kappa shape index (κ1) is 35.0. The number of ether oxygens (including phenoxy) is 2. The van der Waals surface area contributed by atoms with E-state index in [0.29, 0.717) is 55.1 Å². The third-order valence-electron chi connectivity index (χ3n) is 8.08. The molecule has 246 valence electrons. The maximum absolute atomic E-state index is 13.2. The minimum Gasteiger partial charge on any atom is -0.492 e. The second-order valence-corrected chi connectivity index (χ2v) is 11.6. The third kappa shape index (κ3) is 11.1. The van der Waals surface area contributed by atoms with E-state index in [2.05, 4.69) is 12.2 Å². The van der Waals surface area contributed by atoms with Crippen LogP contribution in [0.2, 0.25) is 0 Å². The van der Waals surface area contributed by atoms with Gasteiger partial charge in [0.25, 0.3) is 0 Å². The van der Waals surface area contributed by atoms with Crippen molar-refractivity contribution in [3.05, 3.63) is 131 Å². The highest BCUT2D eigenvalue weighted by molar-refractivity contribution is 6.12. The van der Waals surface area contributed by atoms with Gasteiger partial charge in [0.2, 0.25) is 5.91 Å². The van der Waals surface area contributed by atoms with Crippen molar-refractivity contribution in [2.75, 3.05) is 25.6 Å². The van der Waals surface area contributed by atoms with Crippen LogP contribution in [0.5, 0.6) is 5.75 Å². The molecule has 7 nitrogen and oxygen atoms in total. The van der Waals surface area contributed by atoms with E-state index < -0.39 is 12.0 Å². The summed E-state index contributed by atoms with van der Waals surface area (Å²) in [6.45, 7) is 3.60. The molecule has 0 saturated carbocycles. The third-order valence-corrected chi connectivity index (χ3v) is 8.08. The van der Waals surface area contributed by atoms with Gasteiger partial charge in [-0.25, -0.2) is 4.79 Å². The van der Waals surface area contributed by atoms with Gasteiger partial charge in [0.1, 0.15) is 18.4 Å². The molecule has 4 rings (SSSR count). The summed E-state index contributed by atoms with van der Waals surface area (Å²) in [5, 5.41) is 3.25. The van der Waals surface area contributed by atoms with Gasteiger partial charge >= 0.3 is 5.97 Å². The van der Waals surface area contributed by atoms with Crippen LogP contribution in [0.1, 0.15) is 72.5 Å². The fourth-order valence-electron chi connectivity index (χ4n) is 5.44. The Hall–Kier alpha value is -4.91. The largest absolute Gasteiger partial charge is 0.492 e. The second kappa shape index (κ2) is 18.9. The molecule has 0 unspecified atom stereocenters. The van der Waals surface area contributed by atoms with Gasteiger partial charge in [-0.3, -0.25) is 9.59 Å². The number of benzene rings is 4. The Morgan fingerprint density at radius 3 is 2.11 bits per heavy atom. The predicted molar refractivity (Wildman–Crippen MR) is 187 cm³/mol. The number of nitrogens with one attached hydrogen (secondary N) is 1. The molecule has 47 heavy (non-hydrogen) atoms. The van der Waals surface area contributed by atoms with Crippen molar-refractivity contribution >= 4 is 23.3 Å². The molecular weight excluding hydrogens is 588 g/mol. The number of carbonyl (C=O) groups excluding carboxylic acids is 3. The Kier molecular flexibility index (Phi) is 14.1. The second-order valence-electron chi connectivity index (χ2n) is 11.6. The molecule has 0 radical (unpaired) electrons. The molecule has 0 aliphatic heterocycles. The molecule has 0 aliphatic carbocycles. The SMILES string of the molecule is CCCCCCCC(=O)N(CCOc1ccc(C[C@H](Nc2ccccc2C(=O)c2ccccc2)C(=O)OC)cc1)Cc1ccccc1. The molecule has 0 saturated heterocycles. The molecular formula is C40H46N2O5. The number of nitrogens with zero attached hydrogens (tertiary/aromatic N) is 1. The standard InChI is InChI=1S/C40H46N2O5/c1-3-4-5-6-13-22-38(43)42(30-32-16-9-7-10-17-32)27-28-47-34-25-23-31(24-26-34)29-37(40(45)46-2)41-36-21-15-14-20-35(36)39(44)33-18-11-8-12-19-33/h7-12,14-21,23-26,37,41H,3-6,13,22,27-30H2,1-2H3/t37-/m0/s1. The van der Waals surface area contributed by atoms with E-state index in [1.54, 1.807) is 30.3 Å². The van der Waals surface area contributed by atoms with Crippen molar-refractivity contribution in [1.29, 1.82) is 0 Å². The molecule has 1 amide bonds. The van der Waals surface area contributed by atoms with Crippen LogP contribution in [0, 0.1) is 0 Å². The van der Waals surface area contributed by atoms with E-state index >= 15 is 0 Å². The predicted octanol–water partition coefficient (Wildman–Crippen LogP) is 7.88. The summed E-state index contributed by atoms with van der Waals surface area (Å²) in [6.07, 6.45) is 6.43. The van der Waals surface area contributed by atoms with Gasteiger partial charge in [0, 0.05) is 36.2 Å². The van der Waals surface area contributed by atoms with Crippen LogP contribution in [0.3, 0.4) is 0 Å². The number of carbonyl (C=O) groups is 3. The highest BCUT2D eigenvalue weighted by Crippen LogP contribution is 2.22. The summed E-state index contributed by atoms with van der Waals surface area (Å²) in [6, 6.07) is 33.1. The first-order valence-electron chi connectivity index (χ1n) is 16.5. The zero-order valence-corrected chi connectivity index (χ0v) is 27.5. The Morgan fingerprint density at radius 2 is 1.40 bits per heavy atom. The molecule has 4 aromatic carbocycles. The number of hydrogen-bond acceptors (Lipinski definition) is 6. The zero-order chi connectivity index (χ0) is 33.3. The maximum Gasteiger partial charge on any atom is 0.328 e. The number of methoxy groups -OCH3 is 1. The number of rotatable bonds is 19. The van der Waals surface area contributed by atoms with E-state index in [0.717, 1.165) is 24.0 Å². The Labute approximate surface area is 278 Å². The Morgan fingerprint density at radius 1 is 0.745 bits per heavy atom.